The lowest BCUT2D eigenvalue weighted by atomic mass is 10.0. The number of ether oxygens (including phenoxy) is 1. The predicted molar refractivity (Wildman–Crippen MR) is 102 cm³/mol. The summed E-state index contributed by atoms with van der Waals surface area (Å²) in [5, 5.41) is 2.99. The number of carbonyl (C=O) groups is 1. The Kier molecular flexibility index (Phi) is 5.71. The van der Waals surface area contributed by atoms with Crippen LogP contribution in [0, 0.1) is 13.8 Å². The van der Waals surface area contributed by atoms with Gasteiger partial charge in [-0.2, -0.15) is 0 Å². The van der Waals surface area contributed by atoms with Crippen LogP contribution < -0.4 is 10.2 Å². The molecule has 1 amide bonds. The van der Waals surface area contributed by atoms with Crippen molar-refractivity contribution in [1.82, 2.24) is 0 Å². The summed E-state index contributed by atoms with van der Waals surface area (Å²) < 4.78 is 5.38. The fourth-order valence-electron chi connectivity index (χ4n) is 3.02. The third-order valence-corrected chi connectivity index (χ3v) is 4.74. The molecule has 0 saturated carbocycles. The molecular formula is C21H26N2O2. The first-order chi connectivity index (χ1) is 12.1. The van der Waals surface area contributed by atoms with Gasteiger partial charge in [0.05, 0.1) is 13.2 Å². The zero-order valence-electron chi connectivity index (χ0n) is 15.0. The molecule has 1 saturated heterocycles. The summed E-state index contributed by atoms with van der Waals surface area (Å²) in [7, 11) is 0. The van der Waals surface area contributed by atoms with Crippen LogP contribution in [0.5, 0.6) is 0 Å². The van der Waals surface area contributed by atoms with E-state index in [4.69, 9.17) is 4.74 Å². The summed E-state index contributed by atoms with van der Waals surface area (Å²) >= 11 is 0. The zero-order valence-corrected chi connectivity index (χ0v) is 15.0. The van der Waals surface area contributed by atoms with Crippen LogP contribution in [0.3, 0.4) is 0 Å². The molecule has 1 aliphatic heterocycles. The Morgan fingerprint density at radius 2 is 1.76 bits per heavy atom. The lowest BCUT2D eigenvalue weighted by Crippen LogP contribution is -2.36. The van der Waals surface area contributed by atoms with Crippen LogP contribution in [0.25, 0.3) is 0 Å². The molecule has 3 rings (SSSR count). The monoisotopic (exact) mass is 338 g/mol. The van der Waals surface area contributed by atoms with E-state index in [1.807, 2.05) is 12.1 Å². The molecule has 4 heteroatoms. The van der Waals surface area contributed by atoms with E-state index in [-0.39, 0.29) is 5.91 Å². The third-order valence-electron chi connectivity index (χ3n) is 4.74. The molecule has 1 N–H and O–H groups in total. The molecule has 0 aliphatic carbocycles. The zero-order chi connectivity index (χ0) is 17.6. The van der Waals surface area contributed by atoms with Crippen LogP contribution in [-0.4, -0.2) is 32.2 Å². The van der Waals surface area contributed by atoms with Gasteiger partial charge < -0.3 is 15.0 Å². The van der Waals surface area contributed by atoms with E-state index < -0.39 is 0 Å². The molecule has 0 radical (unpaired) electrons. The van der Waals surface area contributed by atoms with Crippen molar-refractivity contribution < 1.29 is 9.53 Å². The fourth-order valence-corrected chi connectivity index (χ4v) is 3.02. The van der Waals surface area contributed by atoms with Crippen LogP contribution in [0.2, 0.25) is 0 Å². The summed E-state index contributed by atoms with van der Waals surface area (Å²) in [6.45, 7) is 7.60. The SMILES string of the molecule is Cc1ccc(CCC(=O)Nc2ccc(N3CCOCC3)cc2)cc1C. The number of carbonyl (C=O) groups excluding carboxylic acids is 1. The molecule has 1 fully saturated rings. The van der Waals surface area contributed by atoms with Crippen LogP contribution in [-0.2, 0) is 16.0 Å². The van der Waals surface area contributed by atoms with E-state index in [9.17, 15) is 4.79 Å². The number of hydrogen-bond donors (Lipinski definition) is 1. The standard InChI is InChI=1S/C21H26N2O2/c1-16-3-4-18(15-17(16)2)5-10-21(24)22-19-6-8-20(9-7-19)23-11-13-25-14-12-23/h3-4,6-9,15H,5,10-14H2,1-2H3,(H,22,24). The van der Waals surface area contributed by atoms with E-state index >= 15 is 0 Å². The Morgan fingerprint density at radius 3 is 2.44 bits per heavy atom. The number of anilines is 2. The molecule has 1 heterocycles. The van der Waals surface area contributed by atoms with Crippen LogP contribution in [0.15, 0.2) is 42.5 Å². The van der Waals surface area contributed by atoms with Gasteiger partial charge in [-0.15, -0.1) is 0 Å². The molecule has 0 unspecified atom stereocenters. The summed E-state index contributed by atoms with van der Waals surface area (Å²) in [6, 6.07) is 14.4. The second-order valence-corrected chi connectivity index (χ2v) is 6.61. The van der Waals surface area contributed by atoms with E-state index in [1.54, 1.807) is 0 Å². The van der Waals surface area contributed by atoms with Crippen molar-refractivity contribution in [3.05, 3.63) is 59.2 Å². The maximum absolute atomic E-state index is 12.2. The third kappa shape index (κ3) is 4.83. The summed E-state index contributed by atoms with van der Waals surface area (Å²) in [4.78, 5) is 14.5. The number of amides is 1. The normalized spacial score (nSPS) is 14.4. The van der Waals surface area contributed by atoms with Gasteiger partial charge in [-0.05, 0) is 61.2 Å². The molecule has 0 aromatic heterocycles. The Bertz CT molecular complexity index is 719. The summed E-state index contributed by atoms with van der Waals surface area (Å²) in [5.41, 5.74) is 5.80. The minimum atomic E-state index is 0.0531. The van der Waals surface area contributed by atoms with Crippen molar-refractivity contribution >= 4 is 17.3 Å². The van der Waals surface area contributed by atoms with E-state index in [0.717, 1.165) is 38.4 Å². The number of nitrogens with one attached hydrogen (secondary N) is 1. The highest BCUT2D eigenvalue weighted by atomic mass is 16.5. The van der Waals surface area contributed by atoms with E-state index in [2.05, 4.69) is 54.4 Å². The molecule has 2 aromatic carbocycles. The highest BCUT2D eigenvalue weighted by Crippen LogP contribution is 2.19. The first-order valence-electron chi connectivity index (χ1n) is 8.90. The van der Waals surface area contributed by atoms with E-state index in [1.165, 1.54) is 22.4 Å². The molecular weight excluding hydrogens is 312 g/mol. The van der Waals surface area contributed by atoms with Crippen molar-refractivity contribution in [2.75, 3.05) is 36.5 Å². The van der Waals surface area contributed by atoms with Crippen molar-refractivity contribution in [2.24, 2.45) is 0 Å². The summed E-state index contributed by atoms with van der Waals surface area (Å²) in [6.07, 6.45) is 1.26. The first-order valence-corrected chi connectivity index (χ1v) is 8.90. The molecule has 25 heavy (non-hydrogen) atoms. The number of morpholine rings is 1. The van der Waals surface area contributed by atoms with Gasteiger partial charge in [0, 0.05) is 30.9 Å². The number of rotatable bonds is 5. The van der Waals surface area contributed by atoms with Gasteiger partial charge in [0.1, 0.15) is 0 Å². The van der Waals surface area contributed by atoms with Crippen LogP contribution in [0.1, 0.15) is 23.1 Å². The minimum Gasteiger partial charge on any atom is -0.378 e. The van der Waals surface area contributed by atoms with Gasteiger partial charge in [0.2, 0.25) is 5.91 Å². The quantitative estimate of drug-likeness (QED) is 0.903. The van der Waals surface area contributed by atoms with Gasteiger partial charge in [0.25, 0.3) is 0 Å². The van der Waals surface area contributed by atoms with Crippen molar-refractivity contribution in [1.29, 1.82) is 0 Å². The topological polar surface area (TPSA) is 41.6 Å². The maximum Gasteiger partial charge on any atom is 0.224 e. The first kappa shape index (κ1) is 17.5. The molecule has 0 spiro atoms. The van der Waals surface area contributed by atoms with Crippen LogP contribution in [0.4, 0.5) is 11.4 Å². The number of benzene rings is 2. The second-order valence-electron chi connectivity index (χ2n) is 6.61. The molecule has 0 bridgehead atoms. The number of hydrogen-bond acceptors (Lipinski definition) is 3. The average molecular weight is 338 g/mol. The smallest absolute Gasteiger partial charge is 0.224 e. The minimum absolute atomic E-state index is 0.0531. The maximum atomic E-state index is 12.2. The molecule has 2 aromatic rings. The Balaban J connectivity index is 1.51. The van der Waals surface area contributed by atoms with Gasteiger partial charge >= 0.3 is 0 Å². The van der Waals surface area contributed by atoms with Gasteiger partial charge in [-0.1, -0.05) is 18.2 Å². The molecule has 132 valence electrons. The summed E-state index contributed by atoms with van der Waals surface area (Å²) in [5.74, 6) is 0.0531. The lowest BCUT2D eigenvalue weighted by Gasteiger charge is -2.28. The van der Waals surface area contributed by atoms with Crippen molar-refractivity contribution in [3.8, 4) is 0 Å². The lowest BCUT2D eigenvalue weighted by molar-refractivity contribution is -0.116. The highest BCUT2D eigenvalue weighted by molar-refractivity contribution is 5.91. The molecule has 0 atom stereocenters. The predicted octanol–water partition coefficient (Wildman–Crippen LogP) is 3.71. The van der Waals surface area contributed by atoms with Gasteiger partial charge in [0.15, 0.2) is 0 Å². The van der Waals surface area contributed by atoms with Gasteiger partial charge in [-0.25, -0.2) is 0 Å². The second kappa shape index (κ2) is 8.17. The number of nitrogens with zero attached hydrogens (tertiary/aromatic N) is 1. The van der Waals surface area contributed by atoms with Crippen molar-refractivity contribution in [2.45, 2.75) is 26.7 Å². The Morgan fingerprint density at radius 1 is 1.04 bits per heavy atom. The number of aryl methyl sites for hydroxylation is 3. The highest BCUT2D eigenvalue weighted by Gasteiger charge is 2.11. The van der Waals surface area contributed by atoms with Crippen molar-refractivity contribution in [3.63, 3.8) is 0 Å². The van der Waals surface area contributed by atoms with Gasteiger partial charge in [-0.3, -0.25) is 4.79 Å². The molecule has 4 nitrogen and oxygen atoms in total. The molecule has 1 aliphatic rings. The fraction of sp³-hybridized carbons (Fsp3) is 0.381. The Labute approximate surface area is 149 Å². The average Bonchev–Trinajstić information content (AvgIpc) is 2.64. The largest absolute Gasteiger partial charge is 0.378 e. The Hall–Kier alpha value is -2.33. The van der Waals surface area contributed by atoms with E-state index in [0.29, 0.717) is 6.42 Å². The van der Waals surface area contributed by atoms with Crippen LogP contribution >= 0.6 is 0 Å².